The van der Waals surface area contributed by atoms with E-state index in [1.807, 2.05) is 11.8 Å². The monoisotopic (exact) mass is 474 g/mol. The Kier molecular flexibility index (Phi) is 11.2. The summed E-state index contributed by atoms with van der Waals surface area (Å²) in [6, 6.07) is 0. The lowest BCUT2D eigenvalue weighted by atomic mass is 9.88. The number of carbonyl (C=O) groups excluding carboxylic acids is 1. The van der Waals surface area contributed by atoms with Crippen molar-refractivity contribution in [2.75, 3.05) is 13.2 Å². The number of hydrogen-bond acceptors (Lipinski definition) is 5. The lowest BCUT2D eigenvalue weighted by Gasteiger charge is -2.23. The van der Waals surface area contributed by atoms with Crippen molar-refractivity contribution in [1.29, 1.82) is 0 Å². The number of ketones is 1. The summed E-state index contributed by atoms with van der Waals surface area (Å²) < 4.78 is 12.9. The van der Waals surface area contributed by atoms with Gasteiger partial charge in [-0.15, -0.1) is 11.8 Å². The van der Waals surface area contributed by atoms with Gasteiger partial charge in [0.25, 0.3) is 0 Å². The summed E-state index contributed by atoms with van der Waals surface area (Å²) in [5, 5.41) is 20.0. The van der Waals surface area contributed by atoms with Crippen LogP contribution in [-0.4, -0.2) is 54.8 Å². The molecule has 5 unspecified atom stereocenters. The van der Waals surface area contributed by atoms with Crippen LogP contribution >= 0.6 is 11.8 Å². The first-order valence-corrected chi connectivity index (χ1v) is 14.6. The van der Waals surface area contributed by atoms with Crippen LogP contribution < -0.4 is 0 Å². The number of Topliss-reactive ketones (excluding diaryl/α,β-unsaturated/α-hetero) is 1. The molecule has 182 valence electrons. The first-order valence-electron chi connectivity index (χ1n) is 12.4. The predicted molar refractivity (Wildman–Crippen MR) is 133 cm³/mol. The van der Waals surface area contributed by atoms with Crippen molar-refractivity contribution in [3.63, 3.8) is 0 Å². The summed E-state index contributed by atoms with van der Waals surface area (Å²) >= 11 is 1.13. The van der Waals surface area contributed by atoms with Crippen LogP contribution in [0.3, 0.4) is 0 Å². The highest BCUT2D eigenvalue weighted by molar-refractivity contribution is 8.01. The van der Waals surface area contributed by atoms with Gasteiger partial charge in [-0.1, -0.05) is 34.1 Å². The standard InChI is InChI=1S/C25H46O4S2/c1-24(2,17-26)14-6-8-19-16-22(28)23(30-19)11-5-9-20-12-13-21(31(20)29)10-7-15-25(3,4)18-27/h19-21,23,26-27H,5-18H2,1-4H3. The van der Waals surface area contributed by atoms with Gasteiger partial charge in [0.2, 0.25) is 0 Å². The zero-order valence-corrected chi connectivity index (χ0v) is 21.9. The molecule has 0 aliphatic carbocycles. The normalized spacial score (nSPS) is 29.8. The summed E-state index contributed by atoms with van der Waals surface area (Å²) in [7, 11) is 0. The van der Waals surface area contributed by atoms with Crippen molar-refractivity contribution in [1.82, 2.24) is 0 Å². The molecule has 4 nitrogen and oxygen atoms in total. The Balaban J connectivity index is 1.63. The minimum Gasteiger partial charge on any atom is -0.616 e. The van der Waals surface area contributed by atoms with Gasteiger partial charge in [0.15, 0.2) is 0 Å². The zero-order valence-electron chi connectivity index (χ0n) is 20.2. The van der Waals surface area contributed by atoms with Crippen LogP contribution in [0.25, 0.3) is 0 Å². The number of hydrogen-bond donors (Lipinski definition) is 2. The molecule has 6 heteroatoms. The van der Waals surface area contributed by atoms with Gasteiger partial charge in [-0.05, 0) is 86.2 Å². The minimum atomic E-state index is -0.736. The van der Waals surface area contributed by atoms with Crippen molar-refractivity contribution in [3.05, 3.63) is 0 Å². The number of carbonyl (C=O) groups is 1. The maximum atomic E-state index is 12.9. The van der Waals surface area contributed by atoms with Gasteiger partial charge in [-0.25, -0.2) is 0 Å². The largest absolute Gasteiger partial charge is 0.616 e. The van der Waals surface area contributed by atoms with Crippen molar-refractivity contribution in [3.8, 4) is 0 Å². The highest BCUT2D eigenvalue weighted by Gasteiger charge is 2.39. The second-order valence-corrected chi connectivity index (χ2v) is 14.9. The van der Waals surface area contributed by atoms with Gasteiger partial charge in [0, 0.05) is 24.9 Å². The average molecular weight is 475 g/mol. The molecule has 2 aliphatic rings. The van der Waals surface area contributed by atoms with Gasteiger partial charge in [-0.2, -0.15) is 0 Å². The van der Waals surface area contributed by atoms with E-state index in [4.69, 9.17) is 0 Å². The van der Waals surface area contributed by atoms with E-state index in [-0.39, 0.29) is 29.3 Å². The van der Waals surface area contributed by atoms with Gasteiger partial charge < -0.3 is 14.8 Å². The third-order valence-electron chi connectivity index (χ3n) is 7.22. The van der Waals surface area contributed by atoms with Crippen LogP contribution in [0, 0.1) is 10.8 Å². The lowest BCUT2D eigenvalue weighted by Crippen LogP contribution is -2.24. The Bertz CT molecular complexity index is 552. The topological polar surface area (TPSA) is 80.6 Å². The molecule has 2 fully saturated rings. The molecule has 5 atom stereocenters. The molecule has 31 heavy (non-hydrogen) atoms. The van der Waals surface area contributed by atoms with E-state index in [0.29, 0.717) is 28.0 Å². The first-order chi connectivity index (χ1) is 14.6. The van der Waals surface area contributed by atoms with E-state index < -0.39 is 11.2 Å². The van der Waals surface area contributed by atoms with E-state index in [2.05, 4.69) is 27.7 Å². The summed E-state index contributed by atoms with van der Waals surface area (Å²) in [5.74, 6) is 0.410. The Morgan fingerprint density at radius 2 is 1.42 bits per heavy atom. The maximum absolute atomic E-state index is 12.9. The third-order valence-corrected chi connectivity index (χ3v) is 11.1. The summed E-state index contributed by atoms with van der Waals surface area (Å²) in [5.41, 5.74) is -0.0472. The molecule has 0 amide bonds. The molecule has 2 N–H and O–H groups in total. The van der Waals surface area contributed by atoms with Crippen LogP contribution in [0.4, 0.5) is 0 Å². The Morgan fingerprint density at radius 1 is 0.903 bits per heavy atom. The quantitative estimate of drug-likeness (QED) is 0.336. The Labute approximate surface area is 197 Å². The van der Waals surface area contributed by atoms with E-state index in [0.717, 1.165) is 70.6 Å². The Morgan fingerprint density at radius 3 is 1.97 bits per heavy atom. The lowest BCUT2D eigenvalue weighted by molar-refractivity contribution is -0.118. The fraction of sp³-hybridized carbons (Fsp3) is 0.960. The van der Waals surface area contributed by atoms with E-state index in [1.54, 1.807) is 0 Å². The molecule has 0 saturated carbocycles. The van der Waals surface area contributed by atoms with Gasteiger partial charge in [0.1, 0.15) is 16.3 Å². The molecule has 2 aliphatic heterocycles. The van der Waals surface area contributed by atoms with Crippen molar-refractivity contribution >= 4 is 28.7 Å². The van der Waals surface area contributed by atoms with Gasteiger partial charge in [-0.3, -0.25) is 4.79 Å². The molecule has 0 aromatic rings. The number of thioether (sulfide) groups is 1. The first kappa shape index (κ1) is 27.5. The molecular weight excluding hydrogens is 428 g/mol. The molecule has 0 radical (unpaired) electrons. The smallest absolute Gasteiger partial charge is 0.146 e. The maximum Gasteiger partial charge on any atom is 0.146 e. The minimum absolute atomic E-state index is 0.0174. The number of aliphatic hydroxyl groups is 2. The summed E-state index contributed by atoms with van der Waals surface area (Å²) in [4.78, 5) is 12.4. The molecule has 2 saturated heterocycles. The third kappa shape index (κ3) is 9.19. The van der Waals surface area contributed by atoms with Gasteiger partial charge in [0.05, 0.1) is 5.25 Å². The predicted octanol–water partition coefficient (Wildman–Crippen LogP) is 5.26. The Hall–Kier alpha value is 0.250. The van der Waals surface area contributed by atoms with Crippen LogP contribution in [-0.2, 0) is 16.0 Å². The number of rotatable bonds is 14. The van der Waals surface area contributed by atoms with E-state index in [9.17, 15) is 19.6 Å². The van der Waals surface area contributed by atoms with E-state index in [1.165, 1.54) is 0 Å². The second kappa shape index (κ2) is 12.6. The summed E-state index contributed by atoms with van der Waals surface area (Å²) in [6.45, 7) is 8.79. The van der Waals surface area contributed by atoms with E-state index >= 15 is 0 Å². The molecule has 2 heterocycles. The highest BCUT2D eigenvalue weighted by Crippen LogP contribution is 2.39. The molecule has 0 spiro atoms. The molecule has 2 rings (SSSR count). The molecular formula is C25H46O4S2. The molecule has 0 aromatic heterocycles. The molecule has 0 bridgehead atoms. The number of aliphatic hydroxyl groups excluding tert-OH is 2. The zero-order chi connectivity index (χ0) is 23.1. The van der Waals surface area contributed by atoms with Gasteiger partial charge >= 0.3 is 0 Å². The fourth-order valence-corrected chi connectivity index (χ4v) is 8.47. The van der Waals surface area contributed by atoms with Crippen molar-refractivity contribution < 1.29 is 19.6 Å². The van der Waals surface area contributed by atoms with Crippen molar-refractivity contribution in [2.24, 2.45) is 10.8 Å². The van der Waals surface area contributed by atoms with Crippen molar-refractivity contribution in [2.45, 2.75) is 126 Å². The van der Waals surface area contributed by atoms with Crippen LogP contribution in [0.5, 0.6) is 0 Å². The highest BCUT2D eigenvalue weighted by atomic mass is 32.2. The summed E-state index contributed by atoms with van der Waals surface area (Å²) in [6.07, 6.45) is 12.0. The molecule has 0 aromatic carbocycles. The van der Waals surface area contributed by atoms with Crippen LogP contribution in [0.15, 0.2) is 0 Å². The van der Waals surface area contributed by atoms with Crippen LogP contribution in [0.2, 0.25) is 0 Å². The fourth-order valence-electron chi connectivity index (χ4n) is 4.81. The SMILES string of the molecule is CC(C)(CO)CCCC1CC(=O)C(CCCC2CCC(CCCC(C)(C)CO)[S+]2[O-])S1. The second-order valence-electron chi connectivity index (χ2n) is 11.4. The van der Waals surface area contributed by atoms with Crippen LogP contribution in [0.1, 0.15) is 105 Å². The average Bonchev–Trinajstić information content (AvgIpc) is 3.24.